The van der Waals surface area contributed by atoms with E-state index < -0.39 is 10.0 Å². The van der Waals surface area contributed by atoms with E-state index in [0.717, 1.165) is 12.8 Å². The second-order valence-electron chi connectivity index (χ2n) is 10.9. The molecule has 1 aliphatic heterocycles. The molecule has 2 aliphatic carbocycles. The summed E-state index contributed by atoms with van der Waals surface area (Å²) in [5.41, 5.74) is 1.21. The first-order valence-electron chi connectivity index (χ1n) is 11.4. The molecule has 1 aromatic carbocycles. The van der Waals surface area contributed by atoms with Crippen molar-refractivity contribution in [2.24, 2.45) is 16.7 Å². The maximum atomic E-state index is 13.4. The Hall–Kier alpha value is -1.44. The average molecular weight is 449 g/mol. The summed E-state index contributed by atoms with van der Waals surface area (Å²) in [6.07, 6.45) is 3.18. The van der Waals surface area contributed by atoms with Crippen molar-refractivity contribution in [2.45, 2.75) is 84.0 Å². The Morgan fingerprint density at radius 1 is 1.16 bits per heavy atom. The van der Waals surface area contributed by atoms with Gasteiger partial charge in [-0.25, -0.2) is 8.42 Å². The monoisotopic (exact) mass is 448 g/mol. The van der Waals surface area contributed by atoms with Gasteiger partial charge in [-0.1, -0.05) is 26.8 Å². The summed E-state index contributed by atoms with van der Waals surface area (Å²) < 4.78 is 34.0. The second-order valence-corrected chi connectivity index (χ2v) is 12.8. The van der Waals surface area contributed by atoms with Gasteiger partial charge in [0, 0.05) is 24.7 Å². The molecule has 1 heterocycles. The molecule has 1 saturated heterocycles. The Morgan fingerprint density at radius 3 is 2.39 bits per heavy atom. The summed E-state index contributed by atoms with van der Waals surface area (Å²) in [6.45, 7) is 13.0. The number of morpholine rings is 1. The molecule has 2 saturated carbocycles. The molecule has 5 atom stereocenters. The molecule has 0 radical (unpaired) electrons. The maximum absolute atomic E-state index is 13.4. The Bertz CT molecular complexity index is 975. The zero-order valence-corrected chi connectivity index (χ0v) is 20.4. The molecule has 3 aliphatic rings. The van der Waals surface area contributed by atoms with Gasteiger partial charge in [0.1, 0.15) is 0 Å². The summed E-state index contributed by atoms with van der Waals surface area (Å²) in [7, 11) is -3.71. The standard InChI is InChI=1S/C24H36N2O4S/c1-15-7-8-18(11-20(15)31(28,29)26-13-16(2)30-17(3)14-26)21(27)25-22-23(4,5)19-9-10-24(22,6)12-19/h7-8,11,16-17,19,22H,9-10,12-14H2,1-6H3,(H,25,27)/t16?,17?,19-,22?,24+/m1/s1. The van der Waals surface area contributed by atoms with E-state index in [1.165, 1.54) is 10.7 Å². The van der Waals surface area contributed by atoms with E-state index in [9.17, 15) is 13.2 Å². The number of ether oxygens (including phenoxy) is 1. The van der Waals surface area contributed by atoms with Crippen molar-refractivity contribution in [2.75, 3.05) is 13.1 Å². The van der Waals surface area contributed by atoms with Crippen molar-refractivity contribution in [3.63, 3.8) is 0 Å². The first-order valence-corrected chi connectivity index (χ1v) is 12.9. The third-order valence-corrected chi connectivity index (χ3v) is 9.97. The van der Waals surface area contributed by atoms with Crippen molar-refractivity contribution in [3.8, 4) is 0 Å². The van der Waals surface area contributed by atoms with Crippen molar-refractivity contribution in [1.82, 2.24) is 9.62 Å². The highest BCUT2D eigenvalue weighted by Crippen LogP contribution is 2.62. The number of hydrogen-bond donors (Lipinski definition) is 1. The Kier molecular flexibility index (Phi) is 5.55. The first-order chi connectivity index (χ1) is 14.3. The molecule has 3 unspecified atom stereocenters. The fourth-order valence-corrected chi connectivity index (χ4v) is 8.20. The number of benzene rings is 1. The van der Waals surface area contributed by atoms with Crippen LogP contribution >= 0.6 is 0 Å². The van der Waals surface area contributed by atoms with Crippen LogP contribution in [0, 0.1) is 23.7 Å². The number of fused-ring (bicyclic) bond motifs is 2. The lowest BCUT2D eigenvalue weighted by Gasteiger charge is -2.43. The van der Waals surface area contributed by atoms with Gasteiger partial charge < -0.3 is 10.1 Å². The summed E-state index contributed by atoms with van der Waals surface area (Å²) in [4.78, 5) is 13.4. The van der Waals surface area contributed by atoms with Gasteiger partial charge in [0.25, 0.3) is 5.91 Å². The molecule has 31 heavy (non-hydrogen) atoms. The maximum Gasteiger partial charge on any atom is 0.251 e. The lowest BCUT2D eigenvalue weighted by atomic mass is 9.68. The molecule has 1 aromatic rings. The van der Waals surface area contributed by atoms with E-state index in [1.807, 2.05) is 13.8 Å². The van der Waals surface area contributed by atoms with E-state index >= 15 is 0 Å². The van der Waals surface area contributed by atoms with E-state index in [2.05, 4.69) is 26.1 Å². The summed E-state index contributed by atoms with van der Waals surface area (Å²) in [5.74, 6) is 0.439. The number of nitrogens with one attached hydrogen (secondary N) is 1. The van der Waals surface area contributed by atoms with Gasteiger partial charge >= 0.3 is 0 Å². The predicted octanol–water partition coefficient (Wildman–Crippen LogP) is 3.74. The van der Waals surface area contributed by atoms with Crippen LogP contribution in [-0.2, 0) is 14.8 Å². The lowest BCUT2D eigenvalue weighted by molar-refractivity contribution is -0.0441. The lowest BCUT2D eigenvalue weighted by Crippen LogP contribution is -2.52. The highest BCUT2D eigenvalue weighted by molar-refractivity contribution is 7.89. The molecule has 3 fully saturated rings. The van der Waals surface area contributed by atoms with Gasteiger partial charge in [0.15, 0.2) is 0 Å². The fraction of sp³-hybridized carbons (Fsp3) is 0.708. The number of carbonyl (C=O) groups excluding carboxylic acids is 1. The average Bonchev–Trinajstić information content (AvgIpc) is 3.15. The van der Waals surface area contributed by atoms with Crippen LogP contribution in [0.3, 0.4) is 0 Å². The highest BCUT2D eigenvalue weighted by atomic mass is 32.2. The normalized spacial score (nSPS) is 35.3. The first kappa shape index (κ1) is 22.7. The van der Waals surface area contributed by atoms with E-state index in [-0.39, 0.29) is 39.9 Å². The Morgan fingerprint density at radius 2 is 1.81 bits per heavy atom. The molecule has 1 N–H and O–H groups in total. The molecule has 1 amide bonds. The largest absolute Gasteiger partial charge is 0.373 e. The van der Waals surface area contributed by atoms with Crippen LogP contribution in [0.15, 0.2) is 23.1 Å². The third kappa shape index (κ3) is 3.83. The number of amides is 1. The van der Waals surface area contributed by atoms with Gasteiger partial charge in [-0.05, 0) is 74.5 Å². The summed E-state index contributed by atoms with van der Waals surface area (Å²) >= 11 is 0. The number of hydrogen-bond acceptors (Lipinski definition) is 4. The molecule has 7 heteroatoms. The second kappa shape index (κ2) is 7.56. The van der Waals surface area contributed by atoms with Crippen molar-refractivity contribution < 1.29 is 17.9 Å². The highest BCUT2D eigenvalue weighted by Gasteiger charge is 2.59. The van der Waals surface area contributed by atoms with Crippen LogP contribution in [0.1, 0.15) is 69.8 Å². The quantitative estimate of drug-likeness (QED) is 0.761. The van der Waals surface area contributed by atoms with Crippen molar-refractivity contribution in [3.05, 3.63) is 29.3 Å². The number of aryl methyl sites for hydroxylation is 1. The predicted molar refractivity (Wildman–Crippen MR) is 120 cm³/mol. The Balaban J connectivity index is 1.60. The minimum absolute atomic E-state index is 0.0440. The van der Waals surface area contributed by atoms with Gasteiger partial charge in [-0.3, -0.25) is 4.79 Å². The van der Waals surface area contributed by atoms with Gasteiger partial charge in [0.05, 0.1) is 17.1 Å². The van der Waals surface area contributed by atoms with Gasteiger partial charge in [-0.2, -0.15) is 4.31 Å². The number of rotatable bonds is 4. The van der Waals surface area contributed by atoms with Crippen LogP contribution in [0.4, 0.5) is 0 Å². The molecule has 172 valence electrons. The molecule has 0 aromatic heterocycles. The van der Waals surface area contributed by atoms with E-state index in [4.69, 9.17) is 4.74 Å². The molecule has 6 nitrogen and oxygen atoms in total. The minimum atomic E-state index is -3.71. The summed E-state index contributed by atoms with van der Waals surface area (Å²) in [5, 5.41) is 3.28. The SMILES string of the molecule is Cc1ccc(C(=O)NC2C(C)(C)[C@@H]3CC[C@@]2(C)C3)cc1S(=O)(=O)N1CC(C)OC(C)C1. The number of nitrogens with zero attached hydrogens (tertiary/aromatic N) is 1. The number of carbonyl (C=O) groups is 1. The molecular weight excluding hydrogens is 412 g/mol. The molecule has 0 spiro atoms. The van der Waals surface area contributed by atoms with Gasteiger partial charge in [-0.15, -0.1) is 0 Å². The van der Waals surface area contributed by atoms with Gasteiger partial charge in [0.2, 0.25) is 10.0 Å². The van der Waals surface area contributed by atoms with Crippen LogP contribution in [0.2, 0.25) is 0 Å². The molecular formula is C24H36N2O4S. The van der Waals surface area contributed by atoms with Crippen molar-refractivity contribution in [1.29, 1.82) is 0 Å². The topological polar surface area (TPSA) is 75.7 Å². The minimum Gasteiger partial charge on any atom is -0.373 e. The molecule has 2 bridgehead atoms. The van der Waals surface area contributed by atoms with Crippen LogP contribution < -0.4 is 5.32 Å². The third-order valence-electron chi connectivity index (χ3n) is 8.00. The molecule has 4 rings (SSSR count). The number of sulfonamides is 1. The van der Waals surface area contributed by atoms with E-state index in [1.54, 1.807) is 25.1 Å². The van der Waals surface area contributed by atoms with Crippen molar-refractivity contribution >= 4 is 15.9 Å². The zero-order valence-electron chi connectivity index (χ0n) is 19.6. The Labute approximate surface area is 186 Å². The zero-order chi connectivity index (χ0) is 22.8. The van der Waals surface area contributed by atoms with Crippen LogP contribution in [-0.4, -0.2) is 50.0 Å². The smallest absolute Gasteiger partial charge is 0.251 e. The summed E-state index contributed by atoms with van der Waals surface area (Å²) in [6, 6.07) is 5.11. The van der Waals surface area contributed by atoms with E-state index in [0.29, 0.717) is 30.1 Å². The van der Waals surface area contributed by atoms with Crippen LogP contribution in [0.5, 0.6) is 0 Å². The van der Waals surface area contributed by atoms with Crippen LogP contribution in [0.25, 0.3) is 0 Å². The fourth-order valence-electron chi connectivity index (χ4n) is 6.36.